The fourth-order valence-electron chi connectivity index (χ4n) is 5.08. The Hall–Kier alpha value is -2.41. The van der Waals surface area contributed by atoms with E-state index in [1.54, 1.807) is 6.92 Å². The summed E-state index contributed by atoms with van der Waals surface area (Å²) in [4.78, 5) is 29.7. The molecular formula is C24H32FN3O3. The van der Waals surface area contributed by atoms with Crippen LogP contribution in [0.2, 0.25) is 0 Å². The Balaban J connectivity index is 1.22. The maximum Gasteiger partial charge on any atom is 0.335 e. The Bertz CT molecular complexity index is 838. The van der Waals surface area contributed by atoms with Crippen molar-refractivity contribution < 1.29 is 18.7 Å². The fraction of sp³-hybridized carbons (Fsp3) is 0.583. The van der Waals surface area contributed by atoms with Gasteiger partial charge in [0, 0.05) is 44.0 Å². The second-order valence-corrected chi connectivity index (χ2v) is 8.86. The topological polar surface area (TPSA) is 61.9 Å². The molecule has 2 fully saturated rings. The van der Waals surface area contributed by atoms with Gasteiger partial charge < -0.3 is 15.0 Å². The number of halogens is 1. The van der Waals surface area contributed by atoms with Crippen LogP contribution in [0.5, 0.6) is 0 Å². The number of anilines is 1. The first-order valence-electron chi connectivity index (χ1n) is 11.4. The molecule has 168 valence electrons. The van der Waals surface area contributed by atoms with Crippen molar-refractivity contribution >= 4 is 17.6 Å². The smallest absolute Gasteiger partial charge is 0.335 e. The van der Waals surface area contributed by atoms with E-state index in [1.807, 2.05) is 12.1 Å². The van der Waals surface area contributed by atoms with E-state index >= 15 is 0 Å². The van der Waals surface area contributed by atoms with Crippen LogP contribution >= 0.6 is 0 Å². The number of hydrogen-bond acceptors (Lipinski definition) is 5. The van der Waals surface area contributed by atoms with E-state index in [2.05, 4.69) is 15.1 Å². The van der Waals surface area contributed by atoms with Crippen molar-refractivity contribution in [2.24, 2.45) is 0 Å². The molecule has 2 aliphatic heterocycles. The summed E-state index contributed by atoms with van der Waals surface area (Å²) in [6.07, 6.45) is 5.45. The number of ether oxygens (including phenoxy) is 1. The van der Waals surface area contributed by atoms with E-state index in [1.165, 1.54) is 12.1 Å². The molecule has 7 heteroatoms. The molecule has 1 aliphatic carbocycles. The molecule has 3 aliphatic rings. The van der Waals surface area contributed by atoms with Crippen LogP contribution in [0.15, 0.2) is 35.4 Å². The molecule has 4 rings (SSSR count). The quantitative estimate of drug-likeness (QED) is 0.556. The molecule has 1 amide bonds. The molecular weight excluding hydrogens is 397 g/mol. The average Bonchev–Trinajstić information content (AvgIpc) is 3.01. The van der Waals surface area contributed by atoms with Gasteiger partial charge in [-0.1, -0.05) is 6.42 Å². The minimum atomic E-state index is -0.694. The number of nitrogens with zero attached hydrogens (tertiary/aromatic N) is 2. The molecule has 1 spiro atoms. The molecule has 0 radical (unpaired) electrons. The second kappa shape index (κ2) is 9.39. The Morgan fingerprint density at radius 1 is 1.10 bits per heavy atom. The number of carbonyl (C=O) groups excluding carboxylic acids is 2. The highest BCUT2D eigenvalue weighted by molar-refractivity contribution is 6.07. The molecule has 1 aromatic carbocycles. The third-order valence-electron chi connectivity index (χ3n) is 6.81. The number of carbonyl (C=O) groups is 2. The highest BCUT2D eigenvalue weighted by Crippen LogP contribution is 2.43. The highest BCUT2D eigenvalue weighted by atomic mass is 19.1. The Morgan fingerprint density at radius 2 is 1.77 bits per heavy atom. The first kappa shape index (κ1) is 21.8. The minimum absolute atomic E-state index is 0.147. The summed E-state index contributed by atoms with van der Waals surface area (Å²) in [6, 6.07) is 6.66. The highest BCUT2D eigenvalue weighted by Gasteiger charge is 2.49. The van der Waals surface area contributed by atoms with Crippen molar-refractivity contribution in [2.75, 3.05) is 44.2 Å². The van der Waals surface area contributed by atoms with E-state index in [9.17, 15) is 14.0 Å². The van der Waals surface area contributed by atoms with Crippen LogP contribution in [0.4, 0.5) is 10.1 Å². The largest absolute Gasteiger partial charge is 0.451 e. The van der Waals surface area contributed by atoms with E-state index in [4.69, 9.17) is 4.74 Å². The lowest BCUT2D eigenvalue weighted by Crippen LogP contribution is -2.47. The van der Waals surface area contributed by atoms with Gasteiger partial charge in [-0.3, -0.25) is 9.69 Å². The summed E-state index contributed by atoms with van der Waals surface area (Å²) in [5.41, 5.74) is 1.39. The van der Waals surface area contributed by atoms with Gasteiger partial charge in [0.2, 0.25) is 0 Å². The van der Waals surface area contributed by atoms with Crippen LogP contribution in [0, 0.1) is 5.82 Å². The van der Waals surface area contributed by atoms with Crippen molar-refractivity contribution in [1.82, 2.24) is 10.2 Å². The van der Waals surface area contributed by atoms with Gasteiger partial charge in [-0.25, -0.2) is 9.18 Å². The number of esters is 1. The lowest BCUT2D eigenvalue weighted by Gasteiger charge is -2.36. The maximum atomic E-state index is 13.1. The van der Waals surface area contributed by atoms with E-state index in [0.29, 0.717) is 17.7 Å². The van der Waals surface area contributed by atoms with Gasteiger partial charge in [-0.05, 0) is 69.8 Å². The summed E-state index contributed by atoms with van der Waals surface area (Å²) < 4.78 is 18.8. The van der Waals surface area contributed by atoms with Gasteiger partial charge in [-0.15, -0.1) is 0 Å². The normalized spacial score (nSPS) is 21.5. The van der Waals surface area contributed by atoms with Crippen LogP contribution in [0.3, 0.4) is 0 Å². The van der Waals surface area contributed by atoms with Crippen LogP contribution in [0.1, 0.15) is 45.4 Å². The zero-order valence-electron chi connectivity index (χ0n) is 18.3. The Kier molecular flexibility index (Phi) is 6.60. The maximum absolute atomic E-state index is 13.1. The number of nitrogens with one attached hydrogen (secondary N) is 1. The third-order valence-corrected chi connectivity index (χ3v) is 6.81. The van der Waals surface area contributed by atoms with E-state index in [0.717, 1.165) is 76.9 Å². The number of hydrogen-bond donors (Lipinski definition) is 1. The lowest BCUT2D eigenvalue weighted by molar-refractivity contribution is -0.149. The zero-order chi connectivity index (χ0) is 21.8. The van der Waals surface area contributed by atoms with Gasteiger partial charge in [0.1, 0.15) is 11.4 Å². The van der Waals surface area contributed by atoms with Crippen LogP contribution < -0.4 is 10.2 Å². The summed E-state index contributed by atoms with van der Waals surface area (Å²) in [7, 11) is 0. The van der Waals surface area contributed by atoms with Crippen LogP contribution in [-0.2, 0) is 14.3 Å². The molecule has 1 saturated heterocycles. The SMILES string of the molecule is CC1=C(C(=O)NCCCN2CCN(c3ccc(F)cc3)CC2)C2(CCCCC2)OC1=O. The van der Waals surface area contributed by atoms with Gasteiger partial charge in [0.15, 0.2) is 0 Å². The molecule has 1 aromatic rings. The summed E-state index contributed by atoms with van der Waals surface area (Å²) in [6.45, 7) is 6.91. The Labute approximate surface area is 183 Å². The number of benzene rings is 1. The predicted molar refractivity (Wildman–Crippen MR) is 117 cm³/mol. The van der Waals surface area contributed by atoms with Crippen molar-refractivity contribution in [1.29, 1.82) is 0 Å². The van der Waals surface area contributed by atoms with Crippen molar-refractivity contribution in [3.05, 3.63) is 41.2 Å². The number of rotatable bonds is 6. The zero-order valence-corrected chi connectivity index (χ0v) is 18.3. The molecule has 0 aromatic heterocycles. The molecule has 1 N–H and O–H groups in total. The van der Waals surface area contributed by atoms with E-state index < -0.39 is 5.60 Å². The molecule has 0 bridgehead atoms. The van der Waals surface area contributed by atoms with Crippen LogP contribution in [0.25, 0.3) is 0 Å². The summed E-state index contributed by atoms with van der Waals surface area (Å²) >= 11 is 0. The number of amides is 1. The second-order valence-electron chi connectivity index (χ2n) is 8.86. The van der Waals surface area contributed by atoms with Gasteiger partial charge >= 0.3 is 5.97 Å². The molecule has 1 saturated carbocycles. The minimum Gasteiger partial charge on any atom is -0.451 e. The van der Waals surface area contributed by atoms with Gasteiger partial charge in [0.05, 0.1) is 5.57 Å². The predicted octanol–water partition coefficient (Wildman–Crippen LogP) is 3.03. The molecule has 0 unspecified atom stereocenters. The standard InChI is InChI=1S/C24H32FN3O3/c1-18-21(24(31-23(18)30)10-3-2-4-11-24)22(29)26-12-5-13-27-14-16-28(17-15-27)20-8-6-19(25)7-9-20/h6-9H,2-5,10-17H2,1H3,(H,26,29). The molecule has 6 nitrogen and oxygen atoms in total. The first-order chi connectivity index (χ1) is 15.0. The van der Waals surface area contributed by atoms with Gasteiger partial charge in [0.25, 0.3) is 5.91 Å². The Morgan fingerprint density at radius 3 is 2.45 bits per heavy atom. The van der Waals surface area contributed by atoms with Gasteiger partial charge in [-0.2, -0.15) is 0 Å². The fourth-order valence-corrected chi connectivity index (χ4v) is 5.08. The van der Waals surface area contributed by atoms with Crippen LogP contribution in [-0.4, -0.2) is 61.6 Å². The van der Waals surface area contributed by atoms with Crippen molar-refractivity contribution in [3.8, 4) is 0 Å². The lowest BCUT2D eigenvalue weighted by atomic mass is 9.78. The van der Waals surface area contributed by atoms with Crippen molar-refractivity contribution in [3.63, 3.8) is 0 Å². The molecule has 31 heavy (non-hydrogen) atoms. The average molecular weight is 430 g/mol. The first-order valence-corrected chi connectivity index (χ1v) is 11.4. The summed E-state index contributed by atoms with van der Waals surface area (Å²) in [5.74, 6) is -0.698. The third kappa shape index (κ3) is 4.76. The monoisotopic (exact) mass is 429 g/mol. The number of piperazine rings is 1. The molecule has 2 heterocycles. The summed E-state index contributed by atoms with van der Waals surface area (Å²) in [5, 5.41) is 3.03. The molecule has 0 atom stereocenters. The van der Waals surface area contributed by atoms with E-state index in [-0.39, 0.29) is 17.7 Å². The van der Waals surface area contributed by atoms with Crippen molar-refractivity contribution in [2.45, 2.75) is 51.0 Å².